The highest BCUT2D eigenvalue weighted by Gasteiger charge is 2.03. The fourth-order valence-corrected chi connectivity index (χ4v) is 2.01. The molecule has 0 amide bonds. The summed E-state index contributed by atoms with van der Waals surface area (Å²) < 4.78 is 7.50. The second-order valence-electron chi connectivity index (χ2n) is 4.63. The topological polar surface area (TPSA) is 52.8 Å². The summed E-state index contributed by atoms with van der Waals surface area (Å²) in [5.74, 6) is 1.95. The zero-order chi connectivity index (χ0) is 13.9. The molecule has 0 N–H and O–H groups in total. The normalized spacial score (nSPS) is 10.5. The molecule has 0 radical (unpaired) electrons. The van der Waals surface area contributed by atoms with Crippen LogP contribution in [0.4, 0.5) is 0 Å². The molecule has 1 aromatic carbocycles. The van der Waals surface area contributed by atoms with Crippen LogP contribution in [-0.2, 0) is 0 Å². The second kappa shape index (κ2) is 5.13. The molecule has 3 aromatic rings. The third kappa shape index (κ3) is 2.66. The van der Waals surface area contributed by atoms with E-state index in [-0.39, 0.29) is 0 Å². The van der Waals surface area contributed by atoms with E-state index >= 15 is 0 Å². The summed E-state index contributed by atoms with van der Waals surface area (Å²) in [5, 5.41) is 8.18. The van der Waals surface area contributed by atoms with Crippen LogP contribution in [0.3, 0.4) is 0 Å². The lowest BCUT2D eigenvalue weighted by Gasteiger charge is -2.07. The molecule has 0 atom stereocenters. The van der Waals surface area contributed by atoms with Gasteiger partial charge < -0.3 is 4.74 Å². The molecule has 0 fully saturated rings. The van der Waals surface area contributed by atoms with E-state index in [1.807, 2.05) is 38.2 Å². The van der Waals surface area contributed by atoms with E-state index in [1.165, 1.54) is 0 Å². The fraction of sp³-hybridized carbons (Fsp3) is 0.133. The number of imidazole rings is 1. The Morgan fingerprint density at radius 1 is 1.00 bits per heavy atom. The molecule has 20 heavy (non-hydrogen) atoms. The minimum atomic E-state index is 0.471. The van der Waals surface area contributed by atoms with E-state index < -0.39 is 0 Å². The Bertz CT molecular complexity index is 685. The van der Waals surface area contributed by atoms with Gasteiger partial charge in [-0.05, 0) is 43.2 Å². The number of aryl methyl sites for hydroxylation is 2. The lowest BCUT2D eigenvalue weighted by Crippen LogP contribution is -1.98. The van der Waals surface area contributed by atoms with Gasteiger partial charge >= 0.3 is 0 Å². The second-order valence-corrected chi connectivity index (χ2v) is 4.63. The summed E-state index contributed by atoms with van der Waals surface area (Å²) >= 11 is 0. The Kier molecular flexibility index (Phi) is 3.16. The quantitative estimate of drug-likeness (QED) is 0.731. The number of rotatable bonds is 3. The van der Waals surface area contributed by atoms with Crippen LogP contribution in [0.5, 0.6) is 11.6 Å². The van der Waals surface area contributed by atoms with Crippen LogP contribution < -0.4 is 4.74 Å². The highest BCUT2D eigenvalue weighted by Crippen LogP contribution is 2.22. The van der Waals surface area contributed by atoms with Crippen LogP contribution in [0.15, 0.2) is 49.1 Å². The highest BCUT2D eigenvalue weighted by atomic mass is 16.5. The molecule has 100 valence electrons. The molecule has 0 aliphatic heterocycles. The molecule has 0 aliphatic rings. The first-order valence-electron chi connectivity index (χ1n) is 6.29. The van der Waals surface area contributed by atoms with Crippen molar-refractivity contribution < 1.29 is 4.74 Å². The number of hydrogen-bond acceptors (Lipinski definition) is 4. The van der Waals surface area contributed by atoms with E-state index in [0.717, 1.165) is 16.9 Å². The molecule has 0 bridgehead atoms. The molecule has 0 spiro atoms. The minimum absolute atomic E-state index is 0.471. The first kappa shape index (κ1) is 12.3. The third-order valence-corrected chi connectivity index (χ3v) is 2.81. The Morgan fingerprint density at radius 3 is 2.40 bits per heavy atom. The number of ether oxygens (including phenoxy) is 1. The average Bonchev–Trinajstić information content (AvgIpc) is 2.92. The number of hydrogen-bond donors (Lipinski definition) is 0. The van der Waals surface area contributed by atoms with Crippen LogP contribution in [0.2, 0.25) is 0 Å². The SMILES string of the molecule is Cc1cc(C)cc(Oc2ccc(-n3ccnc3)nn2)c1. The van der Waals surface area contributed by atoms with Gasteiger partial charge in [0.1, 0.15) is 12.1 Å². The van der Waals surface area contributed by atoms with E-state index in [0.29, 0.717) is 11.7 Å². The largest absolute Gasteiger partial charge is 0.438 e. The lowest BCUT2D eigenvalue weighted by atomic mass is 10.1. The molecule has 3 rings (SSSR count). The Hall–Kier alpha value is -2.69. The predicted molar refractivity (Wildman–Crippen MR) is 75.1 cm³/mol. The van der Waals surface area contributed by atoms with E-state index in [4.69, 9.17) is 4.74 Å². The maximum atomic E-state index is 5.71. The predicted octanol–water partition coefficient (Wildman–Crippen LogP) is 3.07. The summed E-state index contributed by atoms with van der Waals surface area (Å²) in [7, 11) is 0. The fourth-order valence-electron chi connectivity index (χ4n) is 2.01. The van der Waals surface area contributed by atoms with Gasteiger partial charge in [-0.25, -0.2) is 4.98 Å². The van der Waals surface area contributed by atoms with Gasteiger partial charge in [0.25, 0.3) is 0 Å². The maximum Gasteiger partial charge on any atom is 0.238 e. The van der Waals surface area contributed by atoms with E-state index in [2.05, 4.69) is 21.2 Å². The Labute approximate surface area is 116 Å². The van der Waals surface area contributed by atoms with Crippen molar-refractivity contribution in [3.8, 4) is 17.4 Å². The Balaban J connectivity index is 1.81. The lowest BCUT2D eigenvalue weighted by molar-refractivity contribution is 0.454. The highest BCUT2D eigenvalue weighted by molar-refractivity contribution is 5.35. The minimum Gasteiger partial charge on any atom is -0.438 e. The van der Waals surface area contributed by atoms with Crippen LogP contribution in [-0.4, -0.2) is 19.7 Å². The van der Waals surface area contributed by atoms with Crippen molar-refractivity contribution in [2.45, 2.75) is 13.8 Å². The van der Waals surface area contributed by atoms with Crippen molar-refractivity contribution >= 4 is 0 Å². The van der Waals surface area contributed by atoms with Crippen molar-refractivity contribution in [1.82, 2.24) is 19.7 Å². The number of nitrogens with zero attached hydrogens (tertiary/aromatic N) is 4. The van der Waals surface area contributed by atoms with Gasteiger partial charge in [-0.2, -0.15) is 0 Å². The molecular weight excluding hydrogens is 252 g/mol. The number of benzene rings is 1. The molecule has 5 nitrogen and oxygen atoms in total. The van der Waals surface area contributed by atoms with Crippen LogP contribution >= 0.6 is 0 Å². The first-order valence-corrected chi connectivity index (χ1v) is 6.29. The zero-order valence-electron chi connectivity index (χ0n) is 11.3. The van der Waals surface area contributed by atoms with E-state index in [9.17, 15) is 0 Å². The van der Waals surface area contributed by atoms with Crippen LogP contribution in [0.1, 0.15) is 11.1 Å². The van der Waals surface area contributed by atoms with Crippen LogP contribution in [0.25, 0.3) is 5.82 Å². The van der Waals surface area contributed by atoms with Crippen molar-refractivity contribution in [3.05, 3.63) is 60.2 Å². The van der Waals surface area contributed by atoms with Gasteiger partial charge in [0.2, 0.25) is 5.88 Å². The molecule has 5 heteroatoms. The van der Waals surface area contributed by atoms with Crippen molar-refractivity contribution in [1.29, 1.82) is 0 Å². The van der Waals surface area contributed by atoms with Gasteiger partial charge in [-0.15, -0.1) is 10.2 Å². The summed E-state index contributed by atoms with van der Waals surface area (Å²) in [5.41, 5.74) is 2.31. The summed E-state index contributed by atoms with van der Waals surface area (Å²) in [4.78, 5) is 3.97. The van der Waals surface area contributed by atoms with Gasteiger partial charge in [0.15, 0.2) is 5.82 Å². The molecular formula is C15H14N4O. The summed E-state index contributed by atoms with van der Waals surface area (Å²) in [6, 6.07) is 9.67. The summed E-state index contributed by atoms with van der Waals surface area (Å²) in [6.07, 6.45) is 5.19. The standard InChI is InChI=1S/C15H14N4O/c1-11-7-12(2)9-13(8-11)20-15-4-3-14(17-18-15)19-6-5-16-10-19/h3-10H,1-2H3. The first-order chi connectivity index (χ1) is 9.70. The number of aromatic nitrogens is 4. The molecule has 0 saturated heterocycles. The van der Waals surface area contributed by atoms with Crippen molar-refractivity contribution in [2.75, 3.05) is 0 Å². The van der Waals surface area contributed by atoms with Crippen LogP contribution in [0, 0.1) is 13.8 Å². The third-order valence-electron chi connectivity index (χ3n) is 2.81. The van der Waals surface area contributed by atoms with E-state index in [1.54, 1.807) is 23.2 Å². The van der Waals surface area contributed by atoms with Gasteiger partial charge in [0.05, 0.1) is 0 Å². The van der Waals surface area contributed by atoms with Crippen molar-refractivity contribution in [2.24, 2.45) is 0 Å². The van der Waals surface area contributed by atoms with Gasteiger partial charge in [-0.3, -0.25) is 4.57 Å². The van der Waals surface area contributed by atoms with Gasteiger partial charge in [0, 0.05) is 18.5 Å². The average molecular weight is 266 g/mol. The summed E-state index contributed by atoms with van der Waals surface area (Å²) in [6.45, 7) is 4.07. The maximum absolute atomic E-state index is 5.71. The smallest absolute Gasteiger partial charge is 0.238 e. The molecule has 0 saturated carbocycles. The molecule has 0 aliphatic carbocycles. The monoisotopic (exact) mass is 266 g/mol. The molecule has 0 unspecified atom stereocenters. The Morgan fingerprint density at radius 2 is 1.80 bits per heavy atom. The molecule has 2 aromatic heterocycles. The van der Waals surface area contributed by atoms with Gasteiger partial charge in [-0.1, -0.05) is 6.07 Å². The zero-order valence-corrected chi connectivity index (χ0v) is 11.3. The van der Waals surface area contributed by atoms with Crippen molar-refractivity contribution in [3.63, 3.8) is 0 Å². The molecule has 2 heterocycles.